The summed E-state index contributed by atoms with van der Waals surface area (Å²) in [6, 6.07) is 17.9. The van der Waals surface area contributed by atoms with E-state index in [-0.39, 0.29) is 12.4 Å². The normalized spacial score (nSPS) is 10.2. The fourth-order valence-electron chi connectivity index (χ4n) is 2.12. The third-order valence-corrected chi connectivity index (χ3v) is 3.06. The van der Waals surface area contributed by atoms with Gasteiger partial charge in [-0.15, -0.1) is 0 Å². The van der Waals surface area contributed by atoms with Gasteiger partial charge in [0.2, 0.25) is 0 Å². The van der Waals surface area contributed by atoms with E-state index in [1.54, 1.807) is 0 Å². The Morgan fingerprint density at radius 2 is 1.63 bits per heavy atom. The van der Waals surface area contributed by atoms with Crippen molar-refractivity contribution < 1.29 is 22.2 Å². The van der Waals surface area contributed by atoms with Crippen LogP contribution < -0.4 is 23.2 Å². The molecule has 3 heteroatoms. The molecule has 1 heterocycles. The first-order valence-electron chi connectivity index (χ1n) is 5.92. The molecule has 2 nitrogen and oxygen atoms in total. The third kappa shape index (κ3) is 2.54. The molecule has 0 fully saturated rings. The minimum absolute atomic E-state index is 0. The molecule has 0 spiro atoms. The quantitative estimate of drug-likeness (QED) is 0.607. The zero-order chi connectivity index (χ0) is 12.5. The van der Waals surface area contributed by atoms with E-state index in [1.165, 1.54) is 5.56 Å². The standard InChI is InChI=1S/C16H13NO.ClH/c1-11-9-15(12-5-3-2-4-6-12)18-16-10-13(17)7-8-14(11)16;/h2-10,17H,1H3;1H. The molecule has 96 valence electrons. The van der Waals surface area contributed by atoms with Gasteiger partial charge in [-0.3, -0.25) is 5.41 Å². The number of aryl methyl sites for hydroxylation is 1. The minimum atomic E-state index is 0. The van der Waals surface area contributed by atoms with Crippen LogP contribution in [0.5, 0.6) is 0 Å². The summed E-state index contributed by atoms with van der Waals surface area (Å²) in [5.74, 6) is 1.69. The molecule has 0 radical (unpaired) electrons. The summed E-state index contributed by atoms with van der Waals surface area (Å²) in [5.41, 5.74) is 3.36. The predicted octanol–water partition coefficient (Wildman–Crippen LogP) is -0.976. The number of hydrogen-bond acceptors (Lipinski definition) is 1. The average molecular weight is 272 g/mol. The summed E-state index contributed by atoms with van der Waals surface area (Å²) < 4.78 is 5.93. The van der Waals surface area contributed by atoms with Crippen molar-refractivity contribution in [2.45, 2.75) is 6.92 Å². The van der Waals surface area contributed by atoms with Crippen LogP contribution in [0, 0.1) is 6.92 Å². The number of nitrogens with two attached hydrogens (primary N) is 1. The van der Waals surface area contributed by atoms with Gasteiger partial charge in [-0.05, 0) is 24.6 Å². The summed E-state index contributed by atoms with van der Waals surface area (Å²) >= 11 is 0. The first kappa shape index (κ1) is 13.4. The van der Waals surface area contributed by atoms with Crippen LogP contribution in [0.15, 0.2) is 59.0 Å². The van der Waals surface area contributed by atoms with Crippen molar-refractivity contribution in [3.05, 3.63) is 65.5 Å². The van der Waals surface area contributed by atoms with Gasteiger partial charge in [0.1, 0.15) is 11.5 Å². The number of hydrogen-bond donors (Lipinski definition) is 1. The van der Waals surface area contributed by atoms with E-state index in [0.717, 1.165) is 28.0 Å². The van der Waals surface area contributed by atoms with E-state index in [2.05, 4.69) is 13.0 Å². The molecule has 0 unspecified atom stereocenters. The van der Waals surface area contributed by atoms with Crippen molar-refractivity contribution in [3.8, 4) is 22.6 Å². The van der Waals surface area contributed by atoms with E-state index < -0.39 is 0 Å². The summed E-state index contributed by atoms with van der Waals surface area (Å²) in [7, 11) is 0. The molecule has 1 aromatic carbocycles. The molecule has 0 amide bonds. The summed E-state index contributed by atoms with van der Waals surface area (Å²) in [4.78, 5) is 0. The lowest BCUT2D eigenvalue weighted by Crippen LogP contribution is -3.00. The monoisotopic (exact) mass is 271 g/mol. The molecular formula is C16H14ClNO. The van der Waals surface area contributed by atoms with Crippen LogP contribution in [0.4, 0.5) is 0 Å². The fourth-order valence-corrected chi connectivity index (χ4v) is 2.12. The third-order valence-electron chi connectivity index (χ3n) is 3.06. The Morgan fingerprint density at radius 3 is 2.37 bits per heavy atom. The zero-order valence-electron chi connectivity index (χ0n) is 10.6. The highest BCUT2D eigenvalue weighted by Crippen LogP contribution is 2.30. The molecule has 0 saturated carbocycles. The fraction of sp³-hybridized carbons (Fsp3) is 0.0625. The summed E-state index contributed by atoms with van der Waals surface area (Å²) in [6.07, 6.45) is 0. The highest BCUT2D eigenvalue weighted by Gasteiger charge is 2.11. The van der Waals surface area contributed by atoms with Crippen LogP contribution in [0.3, 0.4) is 0 Å². The molecule has 1 aliphatic carbocycles. The highest BCUT2D eigenvalue weighted by atomic mass is 35.5. The van der Waals surface area contributed by atoms with E-state index in [1.807, 2.05) is 48.5 Å². The van der Waals surface area contributed by atoms with Crippen LogP contribution in [0.1, 0.15) is 5.56 Å². The van der Waals surface area contributed by atoms with Gasteiger partial charge >= 0.3 is 0 Å². The zero-order valence-corrected chi connectivity index (χ0v) is 11.3. The van der Waals surface area contributed by atoms with Crippen molar-refractivity contribution in [1.29, 1.82) is 0 Å². The Hall–Kier alpha value is -2.06. The van der Waals surface area contributed by atoms with Crippen molar-refractivity contribution in [3.63, 3.8) is 0 Å². The summed E-state index contributed by atoms with van der Waals surface area (Å²) in [5, 5.41) is 6.52. The molecule has 2 aliphatic rings. The number of halogens is 1. The lowest BCUT2D eigenvalue weighted by molar-refractivity contribution is -0.172. The van der Waals surface area contributed by atoms with Crippen LogP contribution in [0.25, 0.3) is 22.6 Å². The molecule has 0 aromatic heterocycles. The second-order valence-electron chi connectivity index (χ2n) is 4.42. The Bertz CT molecular complexity index is 719. The van der Waals surface area contributed by atoms with Crippen molar-refractivity contribution in [2.75, 3.05) is 0 Å². The molecule has 0 bridgehead atoms. The first-order chi connectivity index (χ1) is 8.74. The highest BCUT2D eigenvalue weighted by molar-refractivity contribution is 5.68. The second kappa shape index (κ2) is 5.29. The van der Waals surface area contributed by atoms with Crippen LogP contribution >= 0.6 is 0 Å². The van der Waals surface area contributed by atoms with Crippen molar-refractivity contribution >= 4 is 0 Å². The molecular weight excluding hydrogens is 258 g/mol. The van der Waals surface area contributed by atoms with E-state index in [4.69, 9.17) is 9.83 Å². The lowest BCUT2D eigenvalue weighted by atomic mass is 10.0. The Balaban J connectivity index is 0.00000133. The Morgan fingerprint density at radius 1 is 0.895 bits per heavy atom. The SMILES string of the molecule is Cc1cc(-c2ccccc2)oc2cc(=[NH2+])ccc1-2.[Cl-]. The largest absolute Gasteiger partial charge is 1.00 e. The maximum Gasteiger partial charge on any atom is 0.200 e. The second-order valence-corrected chi connectivity index (χ2v) is 4.42. The molecule has 2 N–H and O–H groups in total. The first-order valence-corrected chi connectivity index (χ1v) is 5.92. The molecule has 19 heavy (non-hydrogen) atoms. The van der Waals surface area contributed by atoms with Gasteiger partial charge in [0, 0.05) is 17.2 Å². The predicted molar refractivity (Wildman–Crippen MR) is 70.6 cm³/mol. The molecule has 0 atom stereocenters. The van der Waals surface area contributed by atoms with Crippen molar-refractivity contribution in [2.24, 2.45) is 0 Å². The topological polar surface area (TPSA) is 38.7 Å². The van der Waals surface area contributed by atoms with Crippen LogP contribution in [0.2, 0.25) is 0 Å². The number of fused-ring (bicyclic) bond motifs is 1. The Kier molecular flexibility index (Phi) is 3.72. The van der Waals surface area contributed by atoms with Crippen LogP contribution in [-0.4, -0.2) is 0 Å². The minimum Gasteiger partial charge on any atom is -1.00 e. The van der Waals surface area contributed by atoms with Gasteiger partial charge in [-0.2, -0.15) is 0 Å². The van der Waals surface area contributed by atoms with Gasteiger partial charge in [0.25, 0.3) is 0 Å². The van der Waals surface area contributed by atoms with Gasteiger partial charge in [-0.1, -0.05) is 30.3 Å². The van der Waals surface area contributed by atoms with E-state index in [9.17, 15) is 0 Å². The number of benzene rings is 2. The van der Waals surface area contributed by atoms with Gasteiger partial charge in [-0.25, -0.2) is 0 Å². The van der Waals surface area contributed by atoms with Gasteiger partial charge in [0.15, 0.2) is 5.36 Å². The lowest BCUT2D eigenvalue weighted by Gasteiger charge is -2.10. The maximum absolute atomic E-state index is 5.93. The molecule has 1 aliphatic heterocycles. The maximum atomic E-state index is 5.93. The van der Waals surface area contributed by atoms with Gasteiger partial charge in [0.05, 0.1) is 6.07 Å². The molecule has 3 rings (SSSR count). The molecule has 1 aromatic rings. The van der Waals surface area contributed by atoms with Crippen molar-refractivity contribution in [1.82, 2.24) is 0 Å². The van der Waals surface area contributed by atoms with Gasteiger partial charge < -0.3 is 16.8 Å². The number of rotatable bonds is 1. The van der Waals surface area contributed by atoms with E-state index in [0.29, 0.717) is 0 Å². The average Bonchev–Trinajstić information content (AvgIpc) is 2.39. The summed E-state index contributed by atoms with van der Waals surface area (Å²) in [6.45, 7) is 2.08. The smallest absolute Gasteiger partial charge is 0.200 e. The Labute approximate surface area is 118 Å². The van der Waals surface area contributed by atoms with Crippen LogP contribution in [-0.2, 0) is 0 Å². The van der Waals surface area contributed by atoms with E-state index >= 15 is 0 Å². The molecule has 0 saturated heterocycles.